The maximum atomic E-state index is 5.78. The first kappa shape index (κ1) is 12.8. The van der Waals surface area contributed by atoms with Gasteiger partial charge >= 0.3 is 6.01 Å². The standard InChI is InChI=1S/C11H14N6O2/c1-18-9-7(5-15-11(17-9)19-2)3-6-4-14-10(13)16-8(6)12/h4-5H,3H2,1-2H3,(H4,12,13,14,16). The van der Waals surface area contributed by atoms with Crippen molar-refractivity contribution in [3.63, 3.8) is 0 Å². The van der Waals surface area contributed by atoms with Crippen LogP contribution in [0.15, 0.2) is 12.4 Å². The maximum Gasteiger partial charge on any atom is 0.319 e. The first-order valence-electron chi connectivity index (χ1n) is 5.44. The number of rotatable bonds is 4. The van der Waals surface area contributed by atoms with E-state index in [1.54, 1.807) is 12.4 Å². The molecule has 0 aliphatic carbocycles. The van der Waals surface area contributed by atoms with Crippen molar-refractivity contribution in [2.45, 2.75) is 6.42 Å². The fourth-order valence-electron chi connectivity index (χ4n) is 1.55. The van der Waals surface area contributed by atoms with E-state index in [1.807, 2.05) is 0 Å². The number of hydrogen-bond donors (Lipinski definition) is 2. The molecule has 2 heterocycles. The number of nitrogens with two attached hydrogens (primary N) is 2. The van der Waals surface area contributed by atoms with Gasteiger partial charge in [-0.25, -0.2) is 9.97 Å². The summed E-state index contributed by atoms with van der Waals surface area (Å²) in [4.78, 5) is 15.9. The van der Waals surface area contributed by atoms with Crippen LogP contribution >= 0.6 is 0 Å². The average Bonchev–Trinajstić information content (AvgIpc) is 2.42. The molecule has 0 fully saturated rings. The fourth-order valence-corrected chi connectivity index (χ4v) is 1.55. The van der Waals surface area contributed by atoms with E-state index in [-0.39, 0.29) is 12.0 Å². The molecule has 2 aromatic heterocycles. The Morgan fingerprint density at radius 3 is 2.37 bits per heavy atom. The average molecular weight is 262 g/mol. The Morgan fingerprint density at radius 2 is 1.74 bits per heavy atom. The molecule has 2 rings (SSSR count). The van der Waals surface area contributed by atoms with Crippen LogP contribution in [0, 0.1) is 0 Å². The second-order valence-electron chi connectivity index (χ2n) is 3.71. The summed E-state index contributed by atoms with van der Waals surface area (Å²) < 4.78 is 10.1. The molecule has 19 heavy (non-hydrogen) atoms. The molecule has 0 aliphatic heterocycles. The number of anilines is 2. The number of ether oxygens (including phenoxy) is 2. The van der Waals surface area contributed by atoms with E-state index in [0.717, 1.165) is 11.1 Å². The van der Waals surface area contributed by atoms with E-state index in [4.69, 9.17) is 20.9 Å². The summed E-state index contributed by atoms with van der Waals surface area (Å²) in [7, 11) is 3.01. The smallest absolute Gasteiger partial charge is 0.319 e. The lowest BCUT2D eigenvalue weighted by Crippen LogP contribution is -2.06. The molecule has 2 aromatic rings. The van der Waals surface area contributed by atoms with Crippen molar-refractivity contribution >= 4 is 11.8 Å². The van der Waals surface area contributed by atoms with Crippen LogP contribution in [0.4, 0.5) is 11.8 Å². The molecule has 0 aromatic carbocycles. The van der Waals surface area contributed by atoms with Gasteiger partial charge in [0.15, 0.2) is 0 Å². The lowest BCUT2D eigenvalue weighted by Gasteiger charge is -2.09. The fraction of sp³-hybridized carbons (Fsp3) is 0.273. The van der Waals surface area contributed by atoms with Crippen LogP contribution in [0.3, 0.4) is 0 Å². The van der Waals surface area contributed by atoms with Gasteiger partial charge in [-0.1, -0.05) is 0 Å². The van der Waals surface area contributed by atoms with Gasteiger partial charge in [-0.2, -0.15) is 9.97 Å². The van der Waals surface area contributed by atoms with Gasteiger partial charge in [-0.05, 0) is 0 Å². The van der Waals surface area contributed by atoms with Crippen LogP contribution in [0.1, 0.15) is 11.1 Å². The molecular formula is C11H14N6O2. The summed E-state index contributed by atoms with van der Waals surface area (Å²) >= 11 is 0. The molecule has 0 saturated carbocycles. The topological polar surface area (TPSA) is 122 Å². The lowest BCUT2D eigenvalue weighted by molar-refractivity contribution is 0.349. The monoisotopic (exact) mass is 262 g/mol. The largest absolute Gasteiger partial charge is 0.481 e. The van der Waals surface area contributed by atoms with Crippen LogP contribution in [0.5, 0.6) is 11.9 Å². The van der Waals surface area contributed by atoms with Crippen LogP contribution in [0.25, 0.3) is 0 Å². The van der Waals surface area contributed by atoms with Crippen molar-refractivity contribution in [2.75, 3.05) is 25.7 Å². The van der Waals surface area contributed by atoms with Crippen molar-refractivity contribution in [1.82, 2.24) is 19.9 Å². The number of methoxy groups -OCH3 is 2. The third-order valence-corrected chi connectivity index (χ3v) is 2.48. The maximum absolute atomic E-state index is 5.78. The third-order valence-electron chi connectivity index (χ3n) is 2.48. The molecule has 0 radical (unpaired) electrons. The van der Waals surface area contributed by atoms with E-state index < -0.39 is 0 Å². The Kier molecular flexibility index (Phi) is 3.60. The summed E-state index contributed by atoms with van der Waals surface area (Å²) in [6.45, 7) is 0. The lowest BCUT2D eigenvalue weighted by atomic mass is 10.1. The van der Waals surface area contributed by atoms with Gasteiger partial charge in [0, 0.05) is 29.9 Å². The Bertz CT molecular complexity index is 589. The van der Waals surface area contributed by atoms with Crippen molar-refractivity contribution in [2.24, 2.45) is 0 Å². The third kappa shape index (κ3) is 2.79. The van der Waals surface area contributed by atoms with E-state index in [1.165, 1.54) is 14.2 Å². The highest BCUT2D eigenvalue weighted by molar-refractivity contribution is 5.45. The highest BCUT2D eigenvalue weighted by Crippen LogP contribution is 2.22. The minimum Gasteiger partial charge on any atom is -0.481 e. The van der Waals surface area contributed by atoms with Gasteiger partial charge in [-0.15, -0.1) is 0 Å². The molecule has 0 amide bonds. The zero-order chi connectivity index (χ0) is 13.8. The van der Waals surface area contributed by atoms with Gasteiger partial charge in [0.1, 0.15) is 5.82 Å². The van der Waals surface area contributed by atoms with Crippen molar-refractivity contribution in [3.05, 3.63) is 23.5 Å². The summed E-state index contributed by atoms with van der Waals surface area (Å²) in [5.74, 6) is 0.882. The highest BCUT2D eigenvalue weighted by Gasteiger charge is 2.11. The van der Waals surface area contributed by atoms with E-state index in [0.29, 0.717) is 18.1 Å². The zero-order valence-corrected chi connectivity index (χ0v) is 10.6. The Morgan fingerprint density at radius 1 is 1.00 bits per heavy atom. The first-order valence-corrected chi connectivity index (χ1v) is 5.44. The van der Waals surface area contributed by atoms with E-state index in [2.05, 4.69) is 19.9 Å². The van der Waals surface area contributed by atoms with E-state index in [9.17, 15) is 0 Å². The van der Waals surface area contributed by atoms with Crippen molar-refractivity contribution in [3.8, 4) is 11.9 Å². The second kappa shape index (κ2) is 5.34. The molecule has 0 saturated heterocycles. The SMILES string of the molecule is COc1ncc(Cc2cnc(N)nc2N)c(OC)n1. The zero-order valence-electron chi connectivity index (χ0n) is 10.6. The first-order chi connectivity index (χ1) is 9.13. The predicted octanol–water partition coefficient (Wildman–Crippen LogP) is 0.0390. The number of aromatic nitrogens is 4. The quantitative estimate of drug-likeness (QED) is 0.791. The highest BCUT2D eigenvalue weighted by atomic mass is 16.5. The summed E-state index contributed by atoms with van der Waals surface area (Å²) in [6, 6.07) is 0.238. The van der Waals surface area contributed by atoms with Gasteiger partial charge in [0.05, 0.1) is 14.2 Å². The predicted molar refractivity (Wildman–Crippen MR) is 68.8 cm³/mol. The molecule has 4 N–H and O–H groups in total. The normalized spacial score (nSPS) is 10.2. The minimum atomic E-state index is 0.138. The van der Waals surface area contributed by atoms with Crippen molar-refractivity contribution < 1.29 is 9.47 Å². The van der Waals surface area contributed by atoms with Crippen LogP contribution < -0.4 is 20.9 Å². The molecular weight excluding hydrogens is 248 g/mol. The Balaban J connectivity index is 2.32. The molecule has 0 spiro atoms. The number of nitrogen functional groups attached to an aromatic ring is 2. The summed E-state index contributed by atoms with van der Waals surface area (Å²) in [5.41, 5.74) is 12.7. The molecule has 0 atom stereocenters. The van der Waals surface area contributed by atoms with Gasteiger partial charge < -0.3 is 20.9 Å². The molecule has 100 valence electrons. The van der Waals surface area contributed by atoms with Gasteiger partial charge in [0.2, 0.25) is 11.8 Å². The molecule has 0 bridgehead atoms. The number of hydrogen-bond acceptors (Lipinski definition) is 8. The molecule has 8 nitrogen and oxygen atoms in total. The van der Waals surface area contributed by atoms with Crippen LogP contribution in [0.2, 0.25) is 0 Å². The Labute approximate surface area is 109 Å². The molecule has 0 unspecified atom stereocenters. The van der Waals surface area contributed by atoms with Crippen LogP contribution in [-0.2, 0) is 6.42 Å². The minimum absolute atomic E-state index is 0.138. The van der Waals surface area contributed by atoms with E-state index >= 15 is 0 Å². The van der Waals surface area contributed by atoms with Gasteiger partial charge in [0.25, 0.3) is 0 Å². The van der Waals surface area contributed by atoms with Gasteiger partial charge in [-0.3, -0.25) is 0 Å². The summed E-state index contributed by atoms with van der Waals surface area (Å²) in [5, 5.41) is 0. The second-order valence-corrected chi connectivity index (χ2v) is 3.71. The Hall–Kier alpha value is -2.64. The van der Waals surface area contributed by atoms with Crippen molar-refractivity contribution in [1.29, 1.82) is 0 Å². The number of nitrogens with zero attached hydrogens (tertiary/aromatic N) is 4. The van der Waals surface area contributed by atoms with Crippen LogP contribution in [-0.4, -0.2) is 34.2 Å². The molecule has 0 aliphatic rings. The summed E-state index contributed by atoms with van der Waals surface area (Å²) in [6.07, 6.45) is 3.63. The molecule has 8 heteroatoms.